The Hall–Kier alpha value is -2.30. The first-order chi connectivity index (χ1) is 9.24. The van der Waals surface area contributed by atoms with Gasteiger partial charge in [0.15, 0.2) is 11.6 Å². The van der Waals surface area contributed by atoms with Gasteiger partial charge in [-0.15, -0.1) is 0 Å². The van der Waals surface area contributed by atoms with Crippen molar-refractivity contribution in [3.63, 3.8) is 0 Å². The highest BCUT2D eigenvalue weighted by Gasteiger charge is 2.30. The van der Waals surface area contributed by atoms with Crippen LogP contribution in [-0.2, 0) is 11.4 Å². The third-order valence-corrected chi connectivity index (χ3v) is 3.28. The van der Waals surface area contributed by atoms with Crippen molar-refractivity contribution in [1.82, 2.24) is 0 Å². The van der Waals surface area contributed by atoms with E-state index in [2.05, 4.69) is 4.84 Å². The molecule has 0 fully saturated rings. The minimum atomic E-state index is -0.155. The first-order valence-electron chi connectivity index (χ1n) is 5.86. The van der Waals surface area contributed by atoms with Gasteiger partial charge in [0.05, 0.1) is 6.61 Å². The Morgan fingerprint density at radius 3 is 2.16 bits per heavy atom. The van der Waals surface area contributed by atoms with Crippen molar-refractivity contribution in [2.75, 3.05) is 0 Å². The zero-order chi connectivity index (χ0) is 13.4. The fraction of sp³-hybridized carbons (Fsp3) is 0.0667. The van der Waals surface area contributed by atoms with E-state index in [1.807, 2.05) is 0 Å². The number of hydrogen-bond donors (Lipinski definition) is 1. The molecular formula is C15H11NO3. The van der Waals surface area contributed by atoms with Crippen molar-refractivity contribution in [3.05, 3.63) is 70.3 Å². The highest BCUT2D eigenvalue weighted by atomic mass is 16.6. The van der Waals surface area contributed by atoms with Crippen molar-refractivity contribution < 1.29 is 14.4 Å². The van der Waals surface area contributed by atoms with Gasteiger partial charge in [0.2, 0.25) is 0 Å². The third-order valence-electron chi connectivity index (χ3n) is 3.28. The lowest BCUT2D eigenvalue weighted by atomic mass is 9.82. The smallest absolute Gasteiger partial charge is 0.194 e. The highest BCUT2D eigenvalue weighted by molar-refractivity contribution is 6.28. The number of benzene rings is 2. The summed E-state index contributed by atoms with van der Waals surface area (Å²) in [6.07, 6.45) is 0. The minimum Gasteiger partial charge on any atom is -0.300 e. The Balaban J connectivity index is 2.27. The standard InChI is InChI=1S/C15H11NO3/c16-19-8-9-4-3-7-12-13(9)15(18)11-6-2-1-5-10(11)14(12)17/h1-7H,8,16H2. The molecule has 94 valence electrons. The van der Waals surface area contributed by atoms with Crippen LogP contribution in [0.2, 0.25) is 0 Å². The Morgan fingerprint density at radius 1 is 0.842 bits per heavy atom. The molecule has 0 aromatic heterocycles. The zero-order valence-corrected chi connectivity index (χ0v) is 10.1. The molecule has 0 saturated carbocycles. The molecule has 4 heteroatoms. The molecule has 3 rings (SSSR count). The van der Waals surface area contributed by atoms with Crippen LogP contribution in [0.3, 0.4) is 0 Å². The second kappa shape index (κ2) is 4.42. The number of ketones is 2. The van der Waals surface area contributed by atoms with E-state index in [9.17, 15) is 9.59 Å². The molecule has 0 spiro atoms. The Labute approximate surface area is 109 Å². The van der Waals surface area contributed by atoms with Gasteiger partial charge in [0, 0.05) is 22.3 Å². The molecule has 0 unspecified atom stereocenters. The summed E-state index contributed by atoms with van der Waals surface area (Å²) >= 11 is 0. The van der Waals surface area contributed by atoms with Gasteiger partial charge in [-0.25, -0.2) is 5.90 Å². The fourth-order valence-corrected chi connectivity index (χ4v) is 2.43. The molecule has 0 radical (unpaired) electrons. The number of fused-ring (bicyclic) bond motifs is 2. The van der Waals surface area contributed by atoms with E-state index >= 15 is 0 Å². The SMILES string of the molecule is NOCc1cccc2c1C(=O)c1ccccc1C2=O. The molecule has 0 aliphatic heterocycles. The van der Waals surface area contributed by atoms with E-state index in [0.29, 0.717) is 27.8 Å². The van der Waals surface area contributed by atoms with Gasteiger partial charge in [-0.05, 0) is 5.56 Å². The second-order valence-electron chi connectivity index (χ2n) is 4.35. The van der Waals surface area contributed by atoms with Crippen LogP contribution in [0.1, 0.15) is 37.4 Å². The Bertz CT molecular complexity index is 692. The molecule has 0 amide bonds. The number of nitrogens with two attached hydrogens (primary N) is 1. The van der Waals surface area contributed by atoms with Crippen LogP contribution in [0.15, 0.2) is 42.5 Å². The van der Waals surface area contributed by atoms with Gasteiger partial charge < -0.3 is 0 Å². The minimum absolute atomic E-state index is 0.102. The summed E-state index contributed by atoms with van der Waals surface area (Å²) in [5, 5.41) is 0. The van der Waals surface area contributed by atoms with Gasteiger partial charge in [0.1, 0.15) is 0 Å². The van der Waals surface area contributed by atoms with Gasteiger partial charge in [-0.2, -0.15) is 0 Å². The average Bonchev–Trinajstić information content (AvgIpc) is 2.45. The van der Waals surface area contributed by atoms with E-state index in [-0.39, 0.29) is 18.2 Å². The summed E-state index contributed by atoms with van der Waals surface area (Å²) in [6.45, 7) is 0.102. The lowest BCUT2D eigenvalue weighted by Crippen LogP contribution is -2.22. The normalized spacial score (nSPS) is 13.1. The molecule has 0 bridgehead atoms. The molecular weight excluding hydrogens is 242 g/mol. The predicted molar refractivity (Wildman–Crippen MR) is 68.7 cm³/mol. The quantitative estimate of drug-likeness (QED) is 0.708. The maximum atomic E-state index is 12.5. The summed E-state index contributed by atoms with van der Waals surface area (Å²) in [5.41, 5.74) is 2.33. The van der Waals surface area contributed by atoms with Crippen LogP contribution < -0.4 is 5.90 Å². The molecule has 2 aromatic carbocycles. The summed E-state index contributed by atoms with van der Waals surface area (Å²) in [4.78, 5) is 29.5. The van der Waals surface area contributed by atoms with E-state index in [1.165, 1.54) is 0 Å². The molecule has 2 N–H and O–H groups in total. The van der Waals surface area contributed by atoms with Gasteiger partial charge in [-0.3, -0.25) is 14.4 Å². The fourth-order valence-electron chi connectivity index (χ4n) is 2.43. The van der Waals surface area contributed by atoms with Crippen LogP contribution in [0.4, 0.5) is 0 Å². The van der Waals surface area contributed by atoms with Crippen LogP contribution in [0.25, 0.3) is 0 Å². The number of carbonyl (C=O) groups is 2. The average molecular weight is 253 g/mol. The molecule has 1 aliphatic carbocycles. The molecule has 19 heavy (non-hydrogen) atoms. The molecule has 1 aliphatic rings. The molecule has 0 atom stereocenters. The first kappa shape index (κ1) is 11.8. The van der Waals surface area contributed by atoms with Crippen LogP contribution in [-0.4, -0.2) is 11.6 Å². The van der Waals surface area contributed by atoms with Crippen molar-refractivity contribution in [2.45, 2.75) is 6.61 Å². The Kier molecular flexibility index (Phi) is 2.74. The largest absolute Gasteiger partial charge is 0.300 e. The lowest BCUT2D eigenvalue weighted by molar-refractivity contribution is 0.0968. The summed E-state index contributed by atoms with van der Waals surface area (Å²) in [6, 6.07) is 12.0. The number of hydrogen-bond acceptors (Lipinski definition) is 4. The van der Waals surface area contributed by atoms with Crippen molar-refractivity contribution in [1.29, 1.82) is 0 Å². The van der Waals surface area contributed by atoms with Gasteiger partial charge >= 0.3 is 0 Å². The van der Waals surface area contributed by atoms with E-state index in [1.54, 1.807) is 42.5 Å². The summed E-state index contributed by atoms with van der Waals surface area (Å²) < 4.78 is 0. The molecule has 0 saturated heterocycles. The number of carbonyl (C=O) groups excluding carboxylic acids is 2. The molecule has 2 aromatic rings. The number of rotatable bonds is 2. The predicted octanol–water partition coefficient (Wildman–Crippen LogP) is 1.85. The summed E-state index contributed by atoms with van der Waals surface area (Å²) in [5.74, 6) is 4.78. The van der Waals surface area contributed by atoms with E-state index in [4.69, 9.17) is 5.90 Å². The monoisotopic (exact) mass is 253 g/mol. The lowest BCUT2D eigenvalue weighted by Gasteiger charge is -2.19. The van der Waals surface area contributed by atoms with Crippen molar-refractivity contribution in [2.24, 2.45) is 5.90 Å². The zero-order valence-electron chi connectivity index (χ0n) is 10.1. The first-order valence-corrected chi connectivity index (χ1v) is 5.86. The van der Waals surface area contributed by atoms with Crippen molar-refractivity contribution >= 4 is 11.6 Å². The summed E-state index contributed by atoms with van der Waals surface area (Å²) in [7, 11) is 0. The van der Waals surface area contributed by atoms with Gasteiger partial charge in [0.25, 0.3) is 0 Å². The molecule has 4 nitrogen and oxygen atoms in total. The van der Waals surface area contributed by atoms with Crippen LogP contribution in [0, 0.1) is 0 Å². The third kappa shape index (κ3) is 1.69. The highest BCUT2D eigenvalue weighted by Crippen LogP contribution is 2.29. The van der Waals surface area contributed by atoms with E-state index in [0.717, 1.165) is 0 Å². The Morgan fingerprint density at radius 2 is 1.47 bits per heavy atom. The second-order valence-corrected chi connectivity index (χ2v) is 4.35. The van der Waals surface area contributed by atoms with Crippen LogP contribution in [0.5, 0.6) is 0 Å². The molecule has 0 heterocycles. The maximum Gasteiger partial charge on any atom is 0.194 e. The van der Waals surface area contributed by atoms with Crippen LogP contribution >= 0.6 is 0 Å². The van der Waals surface area contributed by atoms with Gasteiger partial charge in [-0.1, -0.05) is 42.5 Å². The van der Waals surface area contributed by atoms with Crippen molar-refractivity contribution in [3.8, 4) is 0 Å². The maximum absolute atomic E-state index is 12.5. The van der Waals surface area contributed by atoms with E-state index < -0.39 is 0 Å². The topological polar surface area (TPSA) is 69.4 Å².